The summed E-state index contributed by atoms with van der Waals surface area (Å²) in [6.45, 7) is 1.20. The van der Waals surface area contributed by atoms with Gasteiger partial charge < -0.3 is 29.7 Å². The van der Waals surface area contributed by atoms with Gasteiger partial charge in [-0.1, -0.05) is 6.92 Å². The number of hydrogen-bond donors (Lipinski definition) is 4. The first-order chi connectivity index (χ1) is 11.9. The molecule has 3 rings (SSSR count). The Morgan fingerprint density at radius 2 is 2.12 bits per heavy atom. The van der Waals surface area contributed by atoms with Crippen LogP contribution < -0.4 is 5.32 Å². The normalized spacial score (nSPS) is 29.0. The summed E-state index contributed by atoms with van der Waals surface area (Å²) in [5.41, 5.74) is 0.902. The summed E-state index contributed by atoms with van der Waals surface area (Å²) in [6, 6.07) is 0. The molecular weight excluding hydrogens is 353 g/mol. The minimum absolute atomic E-state index is 0.0579. The van der Waals surface area contributed by atoms with E-state index in [0.29, 0.717) is 17.0 Å². The van der Waals surface area contributed by atoms with Gasteiger partial charge in [0.1, 0.15) is 30.2 Å². The zero-order valence-corrected chi connectivity index (χ0v) is 14.6. The van der Waals surface area contributed by atoms with Gasteiger partial charge in [-0.05, 0) is 0 Å². The third-order valence-electron chi connectivity index (χ3n) is 4.05. The molecular formula is C13H20N5O6P. The molecule has 1 fully saturated rings. The minimum atomic E-state index is -3.72. The maximum atomic E-state index is 11.6. The molecule has 0 radical (unpaired) electrons. The molecule has 2 aromatic rings. The Hall–Kier alpha value is -1.62. The molecule has 12 heteroatoms. The van der Waals surface area contributed by atoms with Crippen molar-refractivity contribution in [3.63, 3.8) is 0 Å². The monoisotopic (exact) mass is 373 g/mol. The van der Waals surface area contributed by atoms with Gasteiger partial charge in [0.25, 0.3) is 0 Å². The third-order valence-corrected chi connectivity index (χ3v) is 5.40. The number of fused-ring (bicyclic) bond motifs is 1. The van der Waals surface area contributed by atoms with Crippen molar-refractivity contribution in [3.8, 4) is 0 Å². The van der Waals surface area contributed by atoms with E-state index in [1.165, 1.54) is 24.1 Å². The summed E-state index contributed by atoms with van der Waals surface area (Å²) in [6.07, 6.45) is -1.79. The van der Waals surface area contributed by atoms with Gasteiger partial charge in [-0.3, -0.25) is 9.13 Å². The molecule has 3 heterocycles. The van der Waals surface area contributed by atoms with Crippen LogP contribution in [0.1, 0.15) is 13.2 Å². The Kier molecular flexibility index (Phi) is 5.05. The summed E-state index contributed by atoms with van der Waals surface area (Å²) >= 11 is 0. The van der Waals surface area contributed by atoms with Crippen LogP contribution >= 0.6 is 7.60 Å². The van der Waals surface area contributed by atoms with Crippen molar-refractivity contribution >= 4 is 24.6 Å². The lowest BCUT2D eigenvalue weighted by Crippen LogP contribution is -2.33. The first kappa shape index (κ1) is 18.2. The molecule has 0 saturated carbocycles. The SMILES string of the molecule is CCP(=O)(O)OCC1O[C@@H](n2cnc3c(NC)ncnc32)[C@H](O)C1O. The lowest BCUT2D eigenvalue weighted by molar-refractivity contribution is -0.0484. The maximum absolute atomic E-state index is 11.6. The number of rotatable bonds is 6. The molecule has 4 N–H and O–H groups in total. The van der Waals surface area contributed by atoms with Crippen molar-refractivity contribution < 1.29 is 28.9 Å². The number of imidazole rings is 1. The van der Waals surface area contributed by atoms with E-state index < -0.39 is 32.1 Å². The molecule has 0 aliphatic carbocycles. The molecule has 1 saturated heterocycles. The topological polar surface area (TPSA) is 152 Å². The minimum Gasteiger partial charge on any atom is -0.387 e. The van der Waals surface area contributed by atoms with Crippen LogP contribution in [-0.2, 0) is 13.8 Å². The molecule has 25 heavy (non-hydrogen) atoms. The molecule has 2 aromatic heterocycles. The van der Waals surface area contributed by atoms with E-state index in [0.717, 1.165) is 0 Å². The van der Waals surface area contributed by atoms with E-state index in [9.17, 15) is 19.7 Å². The number of aliphatic hydroxyl groups is 2. The highest BCUT2D eigenvalue weighted by Gasteiger charge is 2.45. The fourth-order valence-corrected chi connectivity index (χ4v) is 3.16. The van der Waals surface area contributed by atoms with Crippen molar-refractivity contribution in [2.24, 2.45) is 0 Å². The molecule has 11 nitrogen and oxygen atoms in total. The maximum Gasteiger partial charge on any atom is 0.327 e. The fourth-order valence-electron chi connectivity index (χ4n) is 2.60. The molecule has 0 bridgehead atoms. The van der Waals surface area contributed by atoms with Crippen molar-refractivity contribution in [2.45, 2.75) is 31.5 Å². The van der Waals surface area contributed by atoms with Gasteiger partial charge in [0.15, 0.2) is 17.7 Å². The number of hydrogen-bond acceptors (Lipinski definition) is 9. The van der Waals surface area contributed by atoms with E-state index >= 15 is 0 Å². The number of aliphatic hydroxyl groups excluding tert-OH is 2. The highest BCUT2D eigenvalue weighted by atomic mass is 31.2. The van der Waals surface area contributed by atoms with Gasteiger partial charge >= 0.3 is 7.60 Å². The molecule has 1 aliphatic rings. The largest absolute Gasteiger partial charge is 0.387 e. The zero-order valence-electron chi connectivity index (χ0n) is 13.7. The standard InChI is InChI=1S/C13H20N5O6P/c1-3-25(21,22)23-4-7-9(19)10(20)13(24-7)18-6-17-8-11(14-2)15-5-16-12(8)18/h5-7,9-10,13,19-20H,3-4H2,1-2H3,(H,21,22)(H,14,15,16)/t7?,9?,10-,13-/m1/s1. The third kappa shape index (κ3) is 3.39. The molecule has 0 spiro atoms. The second kappa shape index (κ2) is 6.94. The van der Waals surface area contributed by atoms with Gasteiger partial charge in [0, 0.05) is 13.2 Å². The van der Waals surface area contributed by atoms with E-state index in [2.05, 4.69) is 20.3 Å². The predicted molar refractivity (Wildman–Crippen MR) is 87.1 cm³/mol. The zero-order chi connectivity index (χ0) is 18.2. The van der Waals surface area contributed by atoms with Gasteiger partial charge in [0.05, 0.1) is 12.9 Å². The van der Waals surface area contributed by atoms with Gasteiger partial charge in [0.2, 0.25) is 0 Å². The van der Waals surface area contributed by atoms with Crippen molar-refractivity contribution in [3.05, 3.63) is 12.7 Å². The van der Waals surface area contributed by atoms with Crippen LogP contribution in [0.25, 0.3) is 11.2 Å². The summed E-state index contributed by atoms with van der Waals surface area (Å²) in [4.78, 5) is 21.9. The number of nitrogens with one attached hydrogen (secondary N) is 1. The summed E-state index contributed by atoms with van der Waals surface area (Å²) in [5.74, 6) is 0.515. The Balaban J connectivity index is 1.83. The summed E-state index contributed by atoms with van der Waals surface area (Å²) < 4.78 is 23.6. The van der Waals surface area contributed by atoms with Gasteiger partial charge in [-0.25, -0.2) is 15.0 Å². The molecule has 1 aliphatic heterocycles. The number of ether oxygens (including phenoxy) is 1. The second-order valence-corrected chi connectivity index (χ2v) is 7.76. The fraction of sp³-hybridized carbons (Fsp3) is 0.615. The van der Waals surface area contributed by atoms with Crippen LogP contribution in [0.4, 0.5) is 5.82 Å². The van der Waals surface area contributed by atoms with Crippen LogP contribution in [0.3, 0.4) is 0 Å². The highest BCUT2D eigenvalue weighted by molar-refractivity contribution is 7.52. The number of anilines is 1. The Bertz CT molecular complexity index is 800. The lowest BCUT2D eigenvalue weighted by Gasteiger charge is -2.17. The van der Waals surface area contributed by atoms with Crippen LogP contribution in [-0.4, -0.2) is 72.8 Å². The molecule has 0 aromatic carbocycles. The summed E-state index contributed by atoms with van der Waals surface area (Å²) in [5, 5.41) is 23.4. The second-order valence-electron chi connectivity index (χ2n) is 5.59. The summed E-state index contributed by atoms with van der Waals surface area (Å²) in [7, 11) is -2.03. The van der Waals surface area contributed by atoms with E-state index in [4.69, 9.17) is 9.26 Å². The van der Waals surface area contributed by atoms with Crippen LogP contribution in [0.5, 0.6) is 0 Å². The first-order valence-electron chi connectivity index (χ1n) is 7.71. The van der Waals surface area contributed by atoms with Gasteiger partial charge in [-0.15, -0.1) is 0 Å². The van der Waals surface area contributed by atoms with E-state index in [1.807, 2.05) is 0 Å². The quantitative estimate of drug-likeness (QED) is 0.497. The van der Waals surface area contributed by atoms with E-state index in [-0.39, 0.29) is 12.8 Å². The lowest BCUT2D eigenvalue weighted by atomic mass is 10.1. The van der Waals surface area contributed by atoms with E-state index in [1.54, 1.807) is 7.05 Å². The van der Waals surface area contributed by atoms with Crippen molar-refractivity contribution in [1.29, 1.82) is 0 Å². The first-order valence-corrected chi connectivity index (χ1v) is 9.47. The molecule has 138 valence electrons. The molecule has 0 amide bonds. The predicted octanol–water partition coefficient (Wildman–Crippen LogP) is -0.291. The Morgan fingerprint density at radius 1 is 1.36 bits per heavy atom. The van der Waals surface area contributed by atoms with Crippen LogP contribution in [0.2, 0.25) is 0 Å². The van der Waals surface area contributed by atoms with Crippen LogP contribution in [0.15, 0.2) is 12.7 Å². The smallest absolute Gasteiger partial charge is 0.327 e. The van der Waals surface area contributed by atoms with Crippen molar-refractivity contribution in [2.75, 3.05) is 25.1 Å². The number of aromatic nitrogens is 4. The van der Waals surface area contributed by atoms with Gasteiger partial charge in [-0.2, -0.15) is 0 Å². The Morgan fingerprint density at radius 3 is 2.80 bits per heavy atom. The average Bonchev–Trinajstić information content (AvgIpc) is 3.15. The van der Waals surface area contributed by atoms with Crippen LogP contribution in [0, 0.1) is 0 Å². The molecule has 3 unspecified atom stereocenters. The molecule has 5 atom stereocenters. The van der Waals surface area contributed by atoms with Crippen molar-refractivity contribution in [1.82, 2.24) is 19.5 Å². The Labute approximate surface area is 143 Å². The number of nitrogens with zero attached hydrogens (tertiary/aromatic N) is 4. The average molecular weight is 373 g/mol. The highest BCUT2D eigenvalue weighted by Crippen LogP contribution is 2.42.